The number of hydrogen-bond acceptors (Lipinski definition) is 6. The minimum atomic E-state index is 0.491. The standard InChI is InChI=1S/C63H34N4O3/c1-3-15-37-32-50-47(29-35(37)13-1)48-30-36-14-2-4-16-38(36)33-51(48)67(50)40-28-27-39-31-49(60-59(46(39)34-40)43-19-7-10-24-54(43)70-60)63-65-61(44-20-11-25-55-57(44)41-17-5-8-22-52(41)68-55)64-62(66-63)45-21-12-26-56-58(45)42-18-6-9-23-53(42)69-56/h1-34H. The molecule has 0 atom stereocenters. The zero-order valence-electron chi connectivity index (χ0n) is 37.1. The highest BCUT2D eigenvalue weighted by Crippen LogP contribution is 2.45. The van der Waals surface area contributed by atoms with Gasteiger partial charge in [-0.25, -0.2) is 15.0 Å². The molecule has 5 heterocycles. The topological polar surface area (TPSA) is 83.0 Å². The summed E-state index contributed by atoms with van der Waals surface area (Å²) in [4.78, 5) is 16.2. The van der Waals surface area contributed by atoms with Crippen molar-refractivity contribution in [3.63, 3.8) is 0 Å². The molecule has 0 aliphatic rings. The van der Waals surface area contributed by atoms with Crippen LogP contribution in [0, 0.1) is 0 Å². The molecule has 0 saturated carbocycles. The Morgan fingerprint density at radius 3 is 1.27 bits per heavy atom. The monoisotopic (exact) mass is 894 g/mol. The van der Waals surface area contributed by atoms with Crippen molar-refractivity contribution in [1.82, 2.24) is 19.5 Å². The van der Waals surface area contributed by atoms with Crippen LogP contribution in [0.15, 0.2) is 220 Å². The Hall–Kier alpha value is -9.59. The van der Waals surface area contributed by atoms with Crippen LogP contribution in [0.1, 0.15) is 0 Å². The van der Waals surface area contributed by atoms with Crippen LogP contribution >= 0.6 is 0 Å². The van der Waals surface area contributed by atoms with Gasteiger partial charge in [0, 0.05) is 59.9 Å². The van der Waals surface area contributed by atoms with Gasteiger partial charge in [0.05, 0.1) is 16.6 Å². The predicted molar refractivity (Wildman–Crippen MR) is 285 cm³/mol. The number of rotatable bonds is 4. The largest absolute Gasteiger partial charge is 0.456 e. The highest BCUT2D eigenvalue weighted by Gasteiger charge is 2.25. The van der Waals surface area contributed by atoms with Gasteiger partial charge in [-0.05, 0) is 105 Å². The molecule has 0 radical (unpaired) electrons. The first-order valence-electron chi connectivity index (χ1n) is 23.5. The summed E-state index contributed by atoms with van der Waals surface area (Å²) in [5.74, 6) is 1.53. The maximum Gasteiger partial charge on any atom is 0.167 e. The molecule has 70 heavy (non-hydrogen) atoms. The molecule has 0 N–H and O–H groups in total. The van der Waals surface area contributed by atoms with Gasteiger partial charge in [0.15, 0.2) is 17.5 Å². The van der Waals surface area contributed by atoms with Crippen molar-refractivity contribution in [2.45, 2.75) is 0 Å². The molecular formula is C63H34N4O3. The zero-order chi connectivity index (χ0) is 45.6. The summed E-state index contributed by atoms with van der Waals surface area (Å²) >= 11 is 0. The van der Waals surface area contributed by atoms with Crippen LogP contribution in [0.5, 0.6) is 0 Å². The fraction of sp³-hybridized carbons (Fsp3) is 0. The maximum atomic E-state index is 7.00. The van der Waals surface area contributed by atoms with Crippen molar-refractivity contribution in [3.8, 4) is 39.9 Å². The van der Waals surface area contributed by atoms with Gasteiger partial charge in [-0.2, -0.15) is 0 Å². The lowest BCUT2D eigenvalue weighted by molar-refractivity contribution is 0.668. The van der Waals surface area contributed by atoms with Gasteiger partial charge >= 0.3 is 0 Å². The molecule has 0 aliphatic carbocycles. The summed E-state index contributed by atoms with van der Waals surface area (Å²) in [7, 11) is 0. The first-order chi connectivity index (χ1) is 34.7. The van der Waals surface area contributed by atoms with E-state index < -0.39 is 0 Å². The second-order valence-electron chi connectivity index (χ2n) is 18.3. The molecule has 0 bridgehead atoms. The molecule has 7 heteroatoms. The quantitative estimate of drug-likeness (QED) is 0.175. The van der Waals surface area contributed by atoms with Crippen molar-refractivity contribution < 1.29 is 13.3 Å². The summed E-state index contributed by atoms with van der Waals surface area (Å²) in [6.45, 7) is 0. The number of fused-ring (bicyclic) bond motifs is 16. The van der Waals surface area contributed by atoms with E-state index in [0.29, 0.717) is 23.1 Å². The minimum absolute atomic E-state index is 0.491. The summed E-state index contributed by atoms with van der Waals surface area (Å²) in [6, 6.07) is 72.2. The molecule has 5 aromatic heterocycles. The molecule has 0 unspecified atom stereocenters. The maximum absolute atomic E-state index is 7.00. The lowest BCUT2D eigenvalue weighted by Gasteiger charge is -2.13. The van der Waals surface area contributed by atoms with Crippen LogP contribution in [0.25, 0.3) is 160 Å². The number of furan rings is 3. The van der Waals surface area contributed by atoms with Gasteiger partial charge in [-0.1, -0.05) is 133 Å². The van der Waals surface area contributed by atoms with Crippen molar-refractivity contribution in [2.75, 3.05) is 0 Å². The van der Waals surface area contributed by atoms with Gasteiger partial charge in [0.1, 0.15) is 33.5 Å². The Kier molecular flexibility index (Phi) is 7.49. The van der Waals surface area contributed by atoms with Crippen LogP contribution in [0.2, 0.25) is 0 Å². The number of para-hydroxylation sites is 3. The van der Waals surface area contributed by atoms with E-state index in [2.05, 4.69) is 138 Å². The third-order valence-corrected chi connectivity index (χ3v) is 14.4. The molecule has 16 rings (SSSR count). The Balaban J connectivity index is 0.987. The van der Waals surface area contributed by atoms with E-state index >= 15 is 0 Å². The van der Waals surface area contributed by atoms with Gasteiger partial charge in [-0.3, -0.25) is 0 Å². The highest BCUT2D eigenvalue weighted by atomic mass is 16.3. The summed E-state index contributed by atoms with van der Waals surface area (Å²) < 4.78 is 22.2. The van der Waals surface area contributed by atoms with Crippen LogP contribution in [0.3, 0.4) is 0 Å². The normalized spacial score (nSPS) is 12.3. The fourth-order valence-electron chi connectivity index (χ4n) is 11.2. The van der Waals surface area contributed by atoms with E-state index in [1.165, 1.54) is 32.3 Å². The lowest BCUT2D eigenvalue weighted by Crippen LogP contribution is -2.01. The first-order valence-corrected chi connectivity index (χ1v) is 23.5. The van der Waals surface area contributed by atoms with Crippen molar-refractivity contribution in [1.29, 1.82) is 0 Å². The Labute approximate surface area is 397 Å². The van der Waals surface area contributed by atoms with E-state index in [1.807, 2.05) is 72.8 Å². The molecule has 0 fully saturated rings. The average molecular weight is 895 g/mol. The minimum Gasteiger partial charge on any atom is -0.456 e. The van der Waals surface area contributed by atoms with Gasteiger partial charge in [0.25, 0.3) is 0 Å². The van der Waals surface area contributed by atoms with Gasteiger partial charge < -0.3 is 17.8 Å². The summed E-state index contributed by atoms with van der Waals surface area (Å²) in [6.07, 6.45) is 0. The van der Waals surface area contributed by atoms with Crippen LogP contribution in [0.4, 0.5) is 0 Å². The molecule has 324 valence electrons. The summed E-state index contributed by atoms with van der Waals surface area (Å²) in [5.41, 5.74) is 10.4. The average Bonchev–Trinajstić information content (AvgIpc) is 4.18. The number of aromatic nitrogens is 4. The highest BCUT2D eigenvalue weighted by molar-refractivity contribution is 6.23. The van der Waals surface area contributed by atoms with E-state index in [0.717, 1.165) is 104 Å². The molecule has 0 aliphatic heterocycles. The SMILES string of the molecule is c1ccc2cc3c(cc2c1)c1cc2ccccc2cc1n3-c1ccc2cc(-c3nc(-c4cccc5oc6ccccc6c45)nc(-c4cccc5oc6ccccc6c45)n3)c3oc4ccccc4c3c2c1. The fourth-order valence-corrected chi connectivity index (χ4v) is 11.2. The number of benzene rings is 11. The zero-order valence-corrected chi connectivity index (χ0v) is 37.1. The van der Waals surface area contributed by atoms with Crippen LogP contribution < -0.4 is 0 Å². The predicted octanol–water partition coefficient (Wildman–Crippen LogP) is 17.1. The van der Waals surface area contributed by atoms with Crippen molar-refractivity contribution >= 4 is 120 Å². The second kappa shape index (κ2) is 14.0. The number of hydrogen-bond donors (Lipinski definition) is 0. The van der Waals surface area contributed by atoms with E-state index in [9.17, 15) is 0 Å². The molecule has 7 nitrogen and oxygen atoms in total. The van der Waals surface area contributed by atoms with Crippen molar-refractivity contribution in [3.05, 3.63) is 206 Å². The molecule has 0 amide bonds. The van der Waals surface area contributed by atoms with Gasteiger partial charge in [-0.15, -0.1) is 0 Å². The van der Waals surface area contributed by atoms with Gasteiger partial charge in [0.2, 0.25) is 0 Å². The Morgan fingerprint density at radius 2 is 0.729 bits per heavy atom. The van der Waals surface area contributed by atoms with Crippen LogP contribution in [-0.2, 0) is 0 Å². The Bertz CT molecular complexity index is 4690. The molecular weight excluding hydrogens is 861 g/mol. The summed E-state index contributed by atoms with van der Waals surface area (Å²) in [5, 5.41) is 15.2. The molecule has 0 saturated heterocycles. The van der Waals surface area contributed by atoms with E-state index in [-0.39, 0.29) is 0 Å². The van der Waals surface area contributed by atoms with Crippen LogP contribution in [-0.4, -0.2) is 19.5 Å². The smallest absolute Gasteiger partial charge is 0.167 e. The molecule has 11 aromatic carbocycles. The molecule has 16 aromatic rings. The Morgan fingerprint density at radius 1 is 0.286 bits per heavy atom. The third kappa shape index (κ3) is 5.31. The third-order valence-electron chi connectivity index (χ3n) is 14.4. The second-order valence-corrected chi connectivity index (χ2v) is 18.3. The van der Waals surface area contributed by atoms with Crippen molar-refractivity contribution in [2.24, 2.45) is 0 Å². The van der Waals surface area contributed by atoms with E-state index in [4.69, 9.17) is 28.2 Å². The number of nitrogens with zero attached hydrogens (tertiary/aromatic N) is 4. The first kappa shape index (κ1) is 37.5. The lowest BCUT2D eigenvalue weighted by atomic mass is 9.98. The van der Waals surface area contributed by atoms with E-state index in [1.54, 1.807) is 0 Å². The molecule has 0 spiro atoms.